The molecule has 2 aromatic heterocycles. The predicted octanol–water partition coefficient (Wildman–Crippen LogP) is 4.68. The smallest absolute Gasteiger partial charge is 0.263 e. The second-order valence-corrected chi connectivity index (χ2v) is 10.7. The molecule has 1 unspecified atom stereocenters. The van der Waals surface area contributed by atoms with Gasteiger partial charge in [0.2, 0.25) is 0 Å². The molecule has 4 aromatic rings. The van der Waals surface area contributed by atoms with Crippen LogP contribution in [0, 0.1) is 18.3 Å². The van der Waals surface area contributed by atoms with E-state index in [0.717, 1.165) is 17.7 Å². The molecule has 9 heteroatoms. The molecular weight excluding hydrogens is 483 g/mol. The molecule has 0 bridgehead atoms. The quantitative estimate of drug-likeness (QED) is 0.277. The van der Waals surface area contributed by atoms with Crippen LogP contribution in [0.15, 0.2) is 60.9 Å². The lowest BCUT2D eigenvalue weighted by Gasteiger charge is -2.18. The summed E-state index contributed by atoms with van der Waals surface area (Å²) in [4.78, 5) is 18.6. The van der Waals surface area contributed by atoms with Gasteiger partial charge < -0.3 is 14.8 Å². The average molecular weight is 509 g/mol. The molecule has 1 atom stereocenters. The summed E-state index contributed by atoms with van der Waals surface area (Å²) in [5, 5.41) is 13.8. The SMILES string of the molecule is CNCc1cccnc1.COP(=O)(c1cc(C)cc(CC#N)c1)c1c(C=O)[nH]c2ccc(Cl)cc12. The second-order valence-electron chi connectivity index (χ2n) is 7.83. The lowest BCUT2D eigenvalue weighted by Crippen LogP contribution is -2.20. The van der Waals surface area contributed by atoms with Crippen LogP contribution in [-0.4, -0.2) is 30.4 Å². The Bertz CT molecular complexity index is 1410. The molecule has 0 fully saturated rings. The molecule has 2 heterocycles. The summed E-state index contributed by atoms with van der Waals surface area (Å²) < 4.78 is 19.4. The summed E-state index contributed by atoms with van der Waals surface area (Å²) in [6, 6.07) is 16.5. The monoisotopic (exact) mass is 508 g/mol. The van der Waals surface area contributed by atoms with Gasteiger partial charge in [0.05, 0.1) is 23.5 Å². The molecule has 0 spiro atoms. The van der Waals surface area contributed by atoms with Crippen molar-refractivity contribution in [3.8, 4) is 6.07 Å². The molecule has 0 saturated heterocycles. The maximum Gasteiger partial charge on any atom is 0.263 e. The van der Waals surface area contributed by atoms with Crippen molar-refractivity contribution in [2.45, 2.75) is 19.9 Å². The van der Waals surface area contributed by atoms with Gasteiger partial charge in [-0.1, -0.05) is 23.7 Å². The van der Waals surface area contributed by atoms with Crippen LogP contribution < -0.4 is 15.9 Å². The van der Waals surface area contributed by atoms with Gasteiger partial charge in [-0.15, -0.1) is 0 Å². The number of aromatic amines is 1. The van der Waals surface area contributed by atoms with E-state index >= 15 is 0 Å². The lowest BCUT2D eigenvalue weighted by molar-refractivity contribution is 0.112. The lowest BCUT2D eigenvalue weighted by atomic mass is 10.1. The first-order valence-corrected chi connectivity index (χ1v) is 12.8. The number of pyridine rings is 1. The topological polar surface area (TPSA) is 108 Å². The normalized spacial score (nSPS) is 12.3. The third-order valence-electron chi connectivity index (χ3n) is 5.28. The Morgan fingerprint density at radius 1 is 1.23 bits per heavy atom. The number of aryl methyl sites for hydroxylation is 1. The molecule has 180 valence electrons. The molecule has 7 nitrogen and oxygen atoms in total. The van der Waals surface area contributed by atoms with Crippen LogP contribution >= 0.6 is 19.0 Å². The van der Waals surface area contributed by atoms with Gasteiger partial charge in [0.1, 0.15) is 0 Å². The first-order valence-electron chi connectivity index (χ1n) is 10.8. The number of carbonyl (C=O) groups is 1. The van der Waals surface area contributed by atoms with Gasteiger partial charge >= 0.3 is 0 Å². The van der Waals surface area contributed by atoms with Gasteiger partial charge in [-0.2, -0.15) is 5.26 Å². The molecule has 0 aliphatic rings. The van der Waals surface area contributed by atoms with Crippen molar-refractivity contribution in [1.82, 2.24) is 15.3 Å². The Balaban J connectivity index is 0.000000320. The zero-order valence-electron chi connectivity index (χ0n) is 19.7. The number of benzene rings is 2. The molecule has 0 aliphatic carbocycles. The number of fused-ring (bicyclic) bond motifs is 1. The van der Waals surface area contributed by atoms with E-state index < -0.39 is 7.37 Å². The van der Waals surface area contributed by atoms with Gasteiger partial charge in [-0.3, -0.25) is 14.3 Å². The van der Waals surface area contributed by atoms with E-state index in [-0.39, 0.29) is 12.1 Å². The van der Waals surface area contributed by atoms with E-state index in [4.69, 9.17) is 21.4 Å². The van der Waals surface area contributed by atoms with E-state index in [1.165, 1.54) is 12.7 Å². The molecular formula is C26H26ClN4O3P. The number of nitrogens with one attached hydrogen (secondary N) is 2. The standard InChI is InChI=1S/C19H16ClN2O3P.C7H10N2/c1-12-7-13(5-6-21)9-15(8-12)26(24,25-2)19-16-10-14(20)3-4-17(16)22-18(19)11-23;1-8-5-7-3-2-4-9-6-7/h3-4,7-11,22H,5H2,1-2H3;2-4,6,8H,5H2,1H3. The Kier molecular flexibility index (Phi) is 8.97. The highest BCUT2D eigenvalue weighted by Gasteiger charge is 2.34. The number of hydrogen-bond donors (Lipinski definition) is 2. The zero-order chi connectivity index (χ0) is 25.4. The van der Waals surface area contributed by atoms with Crippen molar-refractivity contribution >= 4 is 46.8 Å². The van der Waals surface area contributed by atoms with E-state index in [9.17, 15) is 9.36 Å². The zero-order valence-corrected chi connectivity index (χ0v) is 21.4. The molecule has 2 N–H and O–H groups in total. The van der Waals surface area contributed by atoms with Crippen LogP contribution in [0.1, 0.15) is 27.2 Å². The highest BCUT2D eigenvalue weighted by Crippen LogP contribution is 2.47. The highest BCUT2D eigenvalue weighted by atomic mass is 35.5. The summed E-state index contributed by atoms with van der Waals surface area (Å²) in [6.07, 6.45) is 4.45. The summed E-state index contributed by atoms with van der Waals surface area (Å²) in [7, 11) is -0.309. The predicted molar refractivity (Wildman–Crippen MR) is 140 cm³/mol. The third-order valence-corrected chi connectivity index (χ3v) is 8.04. The third kappa shape index (κ3) is 6.05. The van der Waals surface area contributed by atoms with Crippen LogP contribution in [-0.2, 0) is 22.1 Å². The number of carbonyl (C=O) groups excluding carboxylic acids is 1. The second kappa shape index (κ2) is 11.9. The molecule has 0 saturated carbocycles. The Hall–Kier alpha value is -3.27. The van der Waals surface area contributed by atoms with E-state index in [1.807, 2.05) is 38.4 Å². The first kappa shape index (κ1) is 26.3. The van der Waals surface area contributed by atoms with Gasteiger partial charge in [-0.05, 0) is 67.1 Å². The van der Waals surface area contributed by atoms with Gasteiger partial charge in [0.25, 0.3) is 7.37 Å². The molecule has 0 aliphatic heterocycles. The van der Waals surface area contributed by atoms with Crippen LogP contribution in [0.25, 0.3) is 10.9 Å². The summed E-state index contributed by atoms with van der Waals surface area (Å²) in [6.45, 7) is 2.75. The first-order chi connectivity index (χ1) is 16.9. The van der Waals surface area contributed by atoms with Crippen molar-refractivity contribution in [1.29, 1.82) is 5.26 Å². The van der Waals surface area contributed by atoms with Crippen molar-refractivity contribution in [3.05, 3.63) is 88.3 Å². The fourth-order valence-electron chi connectivity index (χ4n) is 3.81. The van der Waals surface area contributed by atoms with Gasteiger partial charge in [-0.25, -0.2) is 0 Å². The molecule has 35 heavy (non-hydrogen) atoms. The van der Waals surface area contributed by atoms with Crippen LogP contribution in [0.4, 0.5) is 0 Å². The van der Waals surface area contributed by atoms with Crippen molar-refractivity contribution in [2.24, 2.45) is 0 Å². The highest BCUT2D eigenvalue weighted by molar-refractivity contribution is 7.75. The van der Waals surface area contributed by atoms with Crippen LogP contribution in [0.2, 0.25) is 5.02 Å². The van der Waals surface area contributed by atoms with Crippen molar-refractivity contribution < 1.29 is 13.9 Å². The Morgan fingerprint density at radius 3 is 2.66 bits per heavy atom. The number of nitriles is 1. The fraction of sp³-hybridized carbons (Fsp3) is 0.192. The minimum absolute atomic E-state index is 0.191. The molecule has 2 aromatic carbocycles. The number of halogens is 1. The van der Waals surface area contributed by atoms with E-state index in [1.54, 1.807) is 36.5 Å². The number of rotatable bonds is 7. The molecule has 0 radical (unpaired) electrons. The summed E-state index contributed by atoms with van der Waals surface area (Å²) in [5.74, 6) is 0. The summed E-state index contributed by atoms with van der Waals surface area (Å²) >= 11 is 6.11. The minimum atomic E-state index is -3.58. The largest absolute Gasteiger partial charge is 0.352 e. The molecule has 4 rings (SSSR count). The van der Waals surface area contributed by atoms with E-state index in [0.29, 0.717) is 32.8 Å². The summed E-state index contributed by atoms with van der Waals surface area (Å²) in [5.41, 5.74) is 3.66. The number of H-pyrrole nitrogens is 1. The van der Waals surface area contributed by atoms with E-state index in [2.05, 4.69) is 21.4 Å². The maximum absolute atomic E-state index is 13.9. The number of nitrogens with zero attached hydrogens (tertiary/aromatic N) is 2. The molecule has 0 amide bonds. The van der Waals surface area contributed by atoms with Crippen LogP contribution in [0.3, 0.4) is 0 Å². The number of aromatic nitrogens is 2. The average Bonchev–Trinajstić information content (AvgIpc) is 3.23. The van der Waals surface area contributed by atoms with Gasteiger partial charge in [0, 0.05) is 47.3 Å². The van der Waals surface area contributed by atoms with Crippen molar-refractivity contribution in [3.63, 3.8) is 0 Å². The maximum atomic E-state index is 13.9. The number of aldehydes is 1. The minimum Gasteiger partial charge on any atom is -0.352 e. The van der Waals surface area contributed by atoms with Crippen molar-refractivity contribution in [2.75, 3.05) is 14.2 Å². The fourth-order valence-corrected chi connectivity index (χ4v) is 6.27. The van der Waals surface area contributed by atoms with Crippen LogP contribution in [0.5, 0.6) is 0 Å². The number of hydrogen-bond acceptors (Lipinski definition) is 6. The Morgan fingerprint density at radius 2 is 2.03 bits per heavy atom. The van der Waals surface area contributed by atoms with Gasteiger partial charge in [0.15, 0.2) is 6.29 Å². The Labute approximate surface area is 209 Å².